The van der Waals surface area contributed by atoms with Gasteiger partial charge in [0.05, 0.1) is 6.10 Å². The maximum absolute atomic E-state index is 10.7. The maximum atomic E-state index is 10.7. The van der Waals surface area contributed by atoms with Crippen LogP contribution in [0.25, 0.3) is 0 Å². The second-order valence-corrected chi connectivity index (χ2v) is 6.37. The Morgan fingerprint density at radius 2 is 1.27 bits per heavy atom. The van der Waals surface area contributed by atoms with Crippen LogP contribution in [0.1, 0.15) is 97.8 Å². The number of unbranched alkanes of at least 4 members (excludes halogenated alkanes) is 11. The summed E-state index contributed by atoms with van der Waals surface area (Å²) in [5.74, 6) is -0.235. The van der Waals surface area contributed by atoms with Crippen molar-refractivity contribution in [1.29, 1.82) is 0 Å². The van der Waals surface area contributed by atoms with Crippen LogP contribution < -0.4 is 0 Å². The molecule has 0 aromatic rings. The number of rotatable bonds is 16. The molecule has 3 heteroatoms. The minimum absolute atomic E-state index is 0.0107. The average Bonchev–Trinajstić information content (AvgIpc) is 2.49. The highest BCUT2D eigenvalue weighted by atomic mass is 16.6. The van der Waals surface area contributed by atoms with Crippen molar-refractivity contribution in [2.24, 2.45) is 0 Å². The van der Waals surface area contributed by atoms with Crippen molar-refractivity contribution in [1.82, 2.24) is 0 Å². The normalized spacial score (nSPS) is 12.3. The fourth-order valence-corrected chi connectivity index (χ4v) is 2.51. The first kappa shape index (κ1) is 21.4. The van der Waals surface area contributed by atoms with Gasteiger partial charge in [0, 0.05) is 13.5 Å². The Kier molecular flexibility index (Phi) is 16.4. The molecule has 0 aliphatic rings. The molecule has 0 saturated heterocycles. The predicted molar refractivity (Wildman–Crippen MR) is 93.1 cm³/mol. The number of hydrogen-bond acceptors (Lipinski definition) is 3. The van der Waals surface area contributed by atoms with Crippen LogP contribution in [-0.4, -0.2) is 25.3 Å². The third-order valence-corrected chi connectivity index (χ3v) is 3.92. The highest BCUT2D eigenvalue weighted by molar-refractivity contribution is 5.65. The molecule has 3 nitrogen and oxygen atoms in total. The number of hydrogen-bond donors (Lipinski definition) is 0. The number of carbonyl (C=O) groups excluding carboxylic acids is 1. The summed E-state index contributed by atoms with van der Waals surface area (Å²) < 4.78 is 10.5. The van der Waals surface area contributed by atoms with Crippen molar-refractivity contribution in [3.63, 3.8) is 0 Å². The maximum Gasteiger partial charge on any atom is 0.302 e. The van der Waals surface area contributed by atoms with Crippen LogP contribution in [0.4, 0.5) is 0 Å². The smallest absolute Gasteiger partial charge is 0.302 e. The Bertz CT molecular complexity index is 241. The van der Waals surface area contributed by atoms with Crippen LogP contribution >= 0.6 is 0 Å². The van der Waals surface area contributed by atoms with E-state index in [0.717, 1.165) is 13.0 Å². The summed E-state index contributed by atoms with van der Waals surface area (Å²) in [6.45, 7) is 6.79. The van der Waals surface area contributed by atoms with Gasteiger partial charge in [-0.05, 0) is 13.3 Å². The van der Waals surface area contributed by atoms with Crippen LogP contribution in [0.15, 0.2) is 0 Å². The molecule has 0 aromatic carbocycles. The van der Waals surface area contributed by atoms with Gasteiger partial charge in [-0.3, -0.25) is 4.79 Å². The lowest BCUT2D eigenvalue weighted by Gasteiger charge is -2.12. The first-order valence-corrected chi connectivity index (χ1v) is 9.41. The van der Waals surface area contributed by atoms with Crippen molar-refractivity contribution in [3.8, 4) is 0 Å². The molecule has 0 heterocycles. The molecule has 0 aromatic heterocycles. The Morgan fingerprint density at radius 1 is 0.818 bits per heavy atom. The highest BCUT2D eigenvalue weighted by Crippen LogP contribution is 2.12. The third kappa shape index (κ3) is 17.5. The first-order chi connectivity index (χ1) is 10.7. The van der Waals surface area contributed by atoms with Gasteiger partial charge in [-0.2, -0.15) is 0 Å². The summed E-state index contributed by atoms with van der Waals surface area (Å²) in [6, 6.07) is 0. The molecule has 0 spiro atoms. The molecular weight excluding hydrogens is 276 g/mol. The molecule has 0 rings (SSSR count). The van der Waals surface area contributed by atoms with Gasteiger partial charge in [0.1, 0.15) is 6.61 Å². The molecule has 0 aliphatic carbocycles. The van der Waals surface area contributed by atoms with Crippen molar-refractivity contribution in [2.45, 2.75) is 104 Å². The van der Waals surface area contributed by atoms with E-state index in [1.165, 1.54) is 77.6 Å². The molecule has 0 unspecified atom stereocenters. The van der Waals surface area contributed by atoms with E-state index in [-0.39, 0.29) is 12.1 Å². The first-order valence-electron chi connectivity index (χ1n) is 9.41. The lowest BCUT2D eigenvalue weighted by atomic mass is 10.1. The molecular formula is C19H38O3. The Labute approximate surface area is 138 Å². The molecule has 0 N–H and O–H groups in total. The fraction of sp³-hybridized carbons (Fsp3) is 0.947. The molecule has 0 saturated carbocycles. The third-order valence-electron chi connectivity index (χ3n) is 3.92. The van der Waals surface area contributed by atoms with Crippen LogP contribution in [0.5, 0.6) is 0 Å². The summed E-state index contributed by atoms with van der Waals surface area (Å²) in [5, 5.41) is 0. The van der Waals surface area contributed by atoms with Gasteiger partial charge in [0.25, 0.3) is 0 Å². The molecule has 0 radical (unpaired) electrons. The molecule has 22 heavy (non-hydrogen) atoms. The summed E-state index contributed by atoms with van der Waals surface area (Å²) in [4.78, 5) is 10.7. The van der Waals surface area contributed by atoms with Crippen molar-refractivity contribution >= 4 is 5.97 Å². The van der Waals surface area contributed by atoms with Gasteiger partial charge < -0.3 is 9.47 Å². The monoisotopic (exact) mass is 314 g/mol. The summed E-state index contributed by atoms with van der Waals surface area (Å²) in [7, 11) is 0. The van der Waals surface area contributed by atoms with E-state index in [9.17, 15) is 4.79 Å². The van der Waals surface area contributed by atoms with E-state index in [1.807, 2.05) is 6.92 Å². The lowest BCUT2D eigenvalue weighted by molar-refractivity contribution is -0.144. The second-order valence-electron chi connectivity index (χ2n) is 6.37. The zero-order chi connectivity index (χ0) is 16.5. The van der Waals surface area contributed by atoms with Crippen LogP contribution in [0.3, 0.4) is 0 Å². The van der Waals surface area contributed by atoms with Gasteiger partial charge in [0.15, 0.2) is 0 Å². The summed E-state index contributed by atoms with van der Waals surface area (Å²) in [6.07, 6.45) is 16.3. The fourth-order valence-electron chi connectivity index (χ4n) is 2.51. The average molecular weight is 315 g/mol. The van der Waals surface area contributed by atoms with E-state index in [1.54, 1.807) is 0 Å². The van der Waals surface area contributed by atoms with Gasteiger partial charge in [-0.25, -0.2) is 0 Å². The molecule has 0 fully saturated rings. The van der Waals surface area contributed by atoms with Gasteiger partial charge in [-0.15, -0.1) is 0 Å². The van der Waals surface area contributed by atoms with E-state index in [4.69, 9.17) is 9.47 Å². The van der Waals surface area contributed by atoms with E-state index in [0.29, 0.717) is 6.61 Å². The highest BCUT2D eigenvalue weighted by Gasteiger charge is 2.03. The zero-order valence-electron chi connectivity index (χ0n) is 15.2. The van der Waals surface area contributed by atoms with Crippen molar-refractivity contribution in [2.75, 3.05) is 13.2 Å². The quantitative estimate of drug-likeness (QED) is 0.272. The van der Waals surface area contributed by atoms with Crippen LogP contribution in [-0.2, 0) is 14.3 Å². The van der Waals surface area contributed by atoms with Crippen LogP contribution in [0, 0.1) is 0 Å². The Balaban J connectivity index is 3.09. The van der Waals surface area contributed by atoms with E-state index < -0.39 is 0 Å². The minimum Gasteiger partial charge on any atom is -0.463 e. The van der Waals surface area contributed by atoms with Crippen LogP contribution in [0.2, 0.25) is 0 Å². The second kappa shape index (κ2) is 16.8. The Hall–Kier alpha value is -0.570. The van der Waals surface area contributed by atoms with E-state index >= 15 is 0 Å². The topological polar surface area (TPSA) is 35.5 Å². The van der Waals surface area contributed by atoms with E-state index in [2.05, 4.69) is 6.92 Å². The Morgan fingerprint density at radius 3 is 1.73 bits per heavy atom. The van der Waals surface area contributed by atoms with Gasteiger partial charge in [0.2, 0.25) is 0 Å². The SMILES string of the molecule is CCCCCCCCCCCCCCO[C@@H](C)COC(C)=O. The summed E-state index contributed by atoms with van der Waals surface area (Å²) >= 11 is 0. The van der Waals surface area contributed by atoms with Gasteiger partial charge >= 0.3 is 5.97 Å². The molecule has 0 amide bonds. The number of esters is 1. The summed E-state index contributed by atoms with van der Waals surface area (Å²) in [5.41, 5.74) is 0. The molecule has 0 aliphatic heterocycles. The lowest BCUT2D eigenvalue weighted by Crippen LogP contribution is -2.18. The number of ether oxygens (including phenoxy) is 2. The molecule has 1 atom stereocenters. The van der Waals surface area contributed by atoms with Crippen molar-refractivity contribution < 1.29 is 14.3 Å². The molecule has 0 bridgehead atoms. The van der Waals surface area contributed by atoms with Gasteiger partial charge in [-0.1, -0.05) is 77.6 Å². The molecule has 132 valence electrons. The largest absolute Gasteiger partial charge is 0.463 e. The number of carbonyl (C=O) groups is 1. The minimum atomic E-state index is -0.235. The standard InChI is InChI=1S/C19H38O3/c1-4-5-6-7-8-9-10-11-12-13-14-15-16-21-18(2)17-22-19(3)20/h18H,4-17H2,1-3H3/t18-/m0/s1. The predicted octanol–water partition coefficient (Wildman–Crippen LogP) is 5.66. The zero-order valence-corrected chi connectivity index (χ0v) is 15.2. The van der Waals surface area contributed by atoms with Crippen molar-refractivity contribution in [3.05, 3.63) is 0 Å².